The Balaban J connectivity index is 0.960. The third-order valence-electron chi connectivity index (χ3n) is 13.8. The van der Waals surface area contributed by atoms with E-state index in [0.717, 1.165) is 25.7 Å². The van der Waals surface area contributed by atoms with E-state index in [0.29, 0.717) is 47.7 Å². The number of aryl methyl sites for hydroxylation is 1. The number of nitrogens with zero attached hydrogens (tertiary/aromatic N) is 5. The number of thioether (sulfide) groups is 1. The van der Waals surface area contributed by atoms with E-state index in [-0.39, 0.29) is 34.7 Å². The van der Waals surface area contributed by atoms with Gasteiger partial charge in [0.25, 0.3) is 11.4 Å². The van der Waals surface area contributed by atoms with E-state index in [2.05, 4.69) is 28.6 Å². The molecule has 19 nitrogen and oxygen atoms in total. The molecule has 8 rings (SSSR count). The number of carbonyl (C=O) groups excluding carboxylic acids is 1. The number of amides is 1. The summed E-state index contributed by atoms with van der Waals surface area (Å²) in [6.07, 6.45) is -1.33. The second-order valence-electron chi connectivity index (χ2n) is 17.4. The van der Waals surface area contributed by atoms with Crippen LogP contribution in [0.1, 0.15) is 75.1 Å². The van der Waals surface area contributed by atoms with Crippen molar-refractivity contribution in [1.82, 2.24) is 20.3 Å². The first-order valence-electron chi connectivity index (χ1n) is 20.8. The molecule has 3 aromatic carbocycles. The first-order chi connectivity index (χ1) is 29.9. The number of aliphatic hydroxyl groups excluding tert-OH is 3. The Hall–Kier alpha value is -5.51. The highest BCUT2D eigenvalue weighted by Crippen LogP contribution is 2.67. The number of aliphatic hydroxyl groups is 4. The molecule has 1 amide bonds. The Morgan fingerprint density at radius 1 is 1.00 bits per heavy atom. The van der Waals surface area contributed by atoms with Crippen molar-refractivity contribution in [2.75, 3.05) is 0 Å². The summed E-state index contributed by atoms with van der Waals surface area (Å²) in [5.74, 6) is -0.221. The van der Waals surface area contributed by atoms with Crippen molar-refractivity contribution in [3.8, 4) is 11.5 Å². The van der Waals surface area contributed by atoms with Crippen molar-refractivity contribution in [3.05, 3.63) is 110 Å². The number of carboxylic acids is 1. The number of non-ortho nitro benzene ring substituents is 2. The summed E-state index contributed by atoms with van der Waals surface area (Å²) in [7, 11) is 0. The molecule has 1 saturated heterocycles. The molecule has 0 radical (unpaired) electrons. The van der Waals surface area contributed by atoms with Crippen LogP contribution in [0.5, 0.6) is 11.5 Å². The summed E-state index contributed by atoms with van der Waals surface area (Å²) in [4.78, 5) is 44.2. The van der Waals surface area contributed by atoms with Crippen LogP contribution in [0.4, 0.5) is 11.4 Å². The van der Waals surface area contributed by atoms with Gasteiger partial charge in [0.15, 0.2) is 0 Å². The maximum Gasteiger partial charge on any atom is 0.347 e. The number of fused-ring (bicyclic) bond motifs is 5. The zero-order valence-electron chi connectivity index (χ0n) is 34.4. The number of nitrogens with one attached hydrogen (secondary N) is 1. The summed E-state index contributed by atoms with van der Waals surface area (Å²) in [6.45, 7) is 2.90. The monoisotopic (exact) mass is 888 g/mol. The molecule has 1 aliphatic heterocycles. The number of benzene rings is 3. The number of hydrogen-bond acceptors (Lipinski definition) is 15. The third-order valence-corrected chi connectivity index (χ3v) is 15.1. The van der Waals surface area contributed by atoms with Gasteiger partial charge in [-0.05, 0) is 104 Å². The van der Waals surface area contributed by atoms with Crippen LogP contribution >= 0.6 is 11.8 Å². The second kappa shape index (κ2) is 16.9. The number of aromatic nitrogens is 3. The van der Waals surface area contributed by atoms with Gasteiger partial charge in [-0.1, -0.05) is 30.0 Å². The molecule has 2 saturated carbocycles. The molecule has 3 fully saturated rings. The van der Waals surface area contributed by atoms with Gasteiger partial charge >= 0.3 is 5.97 Å². The minimum Gasteiger partial charge on any atom is -0.478 e. The molecule has 0 spiro atoms. The minimum atomic E-state index is -2.23. The van der Waals surface area contributed by atoms with Gasteiger partial charge < -0.3 is 40.3 Å². The Bertz CT molecular complexity index is 2400. The predicted molar refractivity (Wildman–Crippen MR) is 223 cm³/mol. The van der Waals surface area contributed by atoms with E-state index >= 15 is 0 Å². The van der Waals surface area contributed by atoms with Crippen molar-refractivity contribution < 1.29 is 54.4 Å². The van der Waals surface area contributed by atoms with Crippen LogP contribution in [0.2, 0.25) is 0 Å². The van der Waals surface area contributed by atoms with Gasteiger partial charge in [0.05, 0.1) is 34.7 Å². The number of carbonyl (C=O) groups is 2. The van der Waals surface area contributed by atoms with Gasteiger partial charge in [-0.15, -0.1) is 5.10 Å². The summed E-state index contributed by atoms with van der Waals surface area (Å²) in [5, 5.41) is 90.5. The number of ether oxygens (including phenoxy) is 2. The highest BCUT2D eigenvalue weighted by Gasteiger charge is 2.63. The van der Waals surface area contributed by atoms with Gasteiger partial charge in [0.1, 0.15) is 41.1 Å². The van der Waals surface area contributed by atoms with E-state index in [9.17, 15) is 55.4 Å². The van der Waals surface area contributed by atoms with Crippen LogP contribution in [-0.4, -0.2) is 97.6 Å². The Morgan fingerprint density at radius 3 is 2.32 bits per heavy atom. The molecule has 20 heteroatoms. The lowest BCUT2D eigenvalue weighted by atomic mass is 9.53. The van der Waals surface area contributed by atoms with Crippen LogP contribution < -0.4 is 10.1 Å². The average Bonchev–Trinajstić information content (AvgIpc) is 3.83. The van der Waals surface area contributed by atoms with Crippen molar-refractivity contribution in [2.45, 2.75) is 117 Å². The highest BCUT2D eigenvalue weighted by molar-refractivity contribution is 8.01. The molecule has 4 aromatic rings. The number of carboxylic acid groups (broad SMARTS) is 1. The first-order valence-corrected chi connectivity index (χ1v) is 21.6. The molecule has 11 atom stereocenters. The summed E-state index contributed by atoms with van der Waals surface area (Å²) >= 11 is 0.647. The number of nitro groups is 2. The lowest BCUT2D eigenvalue weighted by Gasteiger charge is -2.52. The van der Waals surface area contributed by atoms with Gasteiger partial charge in [-0.2, -0.15) is 0 Å². The highest BCUT2D eigenvalue weighted by atomic mass is 32.2. The smallest absolute Gasteiger partial charge is 0.347 e. The zero-order valence-corrected chi connectivity index (χ0v) is 35.2. The quantitative estimate of drug-likeness (QED) is 0.0791. The van der Waals surface area contributed by atoms with Crippen molar-refractivity contribution in [2.24, 2.45) is 17.3 Å². The number of hydrogen-bond donors (Lipinski definition) is 6. The van der Waals surface area contributed by atoms with E-state index in [1.165, 1.54) is 65.3 Å². The van der Waals surface area contributed by atoms with Gasteiger partial charge in [-0.3, -0.25) is 25.0 Å². The summed E-state index contributed by atoms with van der Waals surface area (Å²) in [6, 6.07) is 15.7. The average molecular weight is 889 g/mol. The fourth-order valence-corrected chi connectivity index (χ4v) is 11.8. The lowest BCUT2D eigenvalue weighted by molar-refractivity contribution is -0.385. The predicted octanol–water partition coefficient (Wildman–Crippen LogP) is 4.58. The summed E-state index contributed by atoms with van der Waals surface area (Å²) < 4.78 is 13.4. The van der Waals surface area contributed by atoms with Crippen molar-refractivity contribution >= 4 is 35.0 Å². The van der Waals surface area contributed by atoms with Crippen LogP contribution in [0.25, 0.3) is 0 Å². The topological polar surface area (TPSA) is 283 Å². The molecule has 4 aliphatic rings. The number of aliphatic carboxylic acids is 1. The fourth-order valence-electron chi connectivity index (χ4n) is 10.7. The Morgan fingerprint density at radius 2 is 1.67 bits per heavy atom. The first kappa shape index (κ1) is 44.1. The standard InChI is InChI=1S/C43H48N6O13S/c1-23(50)44-37-34(51)20-43(40(54)55,63-29-11-6-26(7-12-29)49(59)60)62-39(37)38(53)35(52)21-47-22-36(45-46-47)42(56)18-16-33-32-13-3-24-19-28(61-27-8-4-25(5-9-27)48(57)58)10-14-30(24)31(32)15-17-41(33,42)2/h4-12,14,19,22,31-35,37-39,51-53,56H,3,13,15-18,20-21H2,1-2H3,(H,44,50)(H,54,55)/t31?,32?,33?,34-,35+,37+,38+,39?,41?,42+,43-/m0/s1. The minimum absolute atomic E-state index is 0.0140. The molecule has 2 heterocycles. The van der Waals surface area contributed by atoms with Crippen molar-refractivity contribution in [3.63, 3.8) is 0 Å². The Kier molecular flexibility index (Phi) is 11.8. The van der Waals surface area contributed by atoms with Gasteiger partial charge in [0.2, 0.25) is 10.8 Å². The van der Waals surface area contributed by atoms with Crippen LogP contribution in [0.3, 0.4) is 0 Å². The normalized spacial score (nSPS) is 30.8. The van der Waals surface area contributed by atoms with Crippen LogP contribution in [0.15, 0.2) is 77.8 Å². The number of rotatable bonds is 13. The van der Waals surface area contributed by atoms with Crippen LogP contribution in [0, 0.1) is 37.5 Å². The molecule has 1 aromatic heterocycles. The largest absolute Gasteiger partial charge is 0.478 e. The molecule has 3 aliphatic carbocycles. The maximum absolute atomic E-state index is 12.8. The van der Waals surface area contributed by atoms with Crippen molar-refractivity contribution in [1.29, 1.82) is 0 Å². The number of nitro benzene ring substituents is 2. The SMILES string of the molecule is CC(=O)N[C@H]1C([C@H](O)[C@H](O)Cn2cc([C@]3(O)CCC4C5CCc6cc(Oc7ccc([N+](=O)[O-])cc7)ccc6C5CCC43C)nn2)O[C@@](Sc2ccc([N+](=O)[O-])cc2)(C(=O)O)C[C@@H]1O. The van der Waals surface area contributed by atoms with E-state index in [1.807, 2.05) is 12.1 Å². The summed E-state index contributed by atoms with van der Waals surface area (Å²) in [5.41, 5.74) is 0.639. The molecule has 63 heavy (non-hydrogen) atoms. The lowest BCUT2D eigenvalue weighted by Crippen LogP contribution is -2.66. The molecule has 6 N–H and O–H groups in total. The maximum atomic E-state index is 12.8. The van der Waals surface area contributed by atoms with E-state index in [4.69, 9.17) is 9.47 Å². The molecule has 0 bridgehead atoms. The Labute approximate surface area is 364 Å². The third kappa shape index (κ3) is 8.15. The molecule has 334 valence electrons. The molecule has 5 unspecified atom stereocenters. The molecular formula is C43H48N6O13S. The second-order valence-corrected chi connectivity index (χ2v) is 18.7. The van der Waals surface area contributed by atoms with E-state index < -0.39 is 74.6 Å². The van der Waals surface area contributed by atoms with Crippen LogP contribution in [-0.2, 0) is 32.9 Å². The van der Waals surface area contributed by atoms with Gasteiger partial charge in [-0.25, -0.2) is 9.48 Å². The van der Waals surface area contributed by atoms with E-state index in [1.54, 1.807) is 12.1 Å². The fraction of sp³-hybridized carbons (Fsp3) is 0.488. The zero-order chi connectivity index (χ0) is 45.0. The molecular weight excluding hydrogens is 841 g/mol. The van der Waals surface area contributed by atoms with Gasteiger partial charge in [0, 0.05) is 47.9 Å².